The Morgan fingerprint density at radius 2 is 1.89 bits per heavy atom. The number of urea groups is 1. The molecule has 0 aromatic rings. The standard InChI is InChI=1S/C12H24N2O4/c1-6-8(2)9(10(16)17)13-11(18)14(5)12(3,4)7-15/h8-9,15H,6-7H2,1-5H3,(H,13,18)(H,16,17). The number of nitrogens with one attached hydrogen (secondary N) is 1. The summed E-state index contributed by atoms with van der Waals surface area (Å²) in [6, 6.07) is -1.42. The van der Waals surface area contributed by atoms with Crippen molar-refractivity contribution in [1.82, 2.24) is 10.2 Å². The van der Waals surface area contributed by atoms with Crippen molar-refractivity contribution in [3.8, 4) is 0 Å². The third-order valence-electron chi connectivity index (χ3n) is 3.36. The molecule has 0 aliphatic rings. The fourth-order valence-electron chi connectivity index (χ4n) is 1.29. The second kappa shape index (κ2) is 6.58. The van der Waals surface area contributed by atoms with Gasteiger partial charge >= 0.3 is 12.0 Å². The smallest absolute Gasteiger partial charge is 0.326 e. The van der Waals surface area contributed by atoms with E-state index in [-0.39, 0.29) is 12.5 Å². The van der Waals surface area contributed by atoms with E-state index >= 15 is 0 Å². The van der Waals surface area contributed by atoms with Gasteiger partial charge in [-0.1, -0.05) is 20.3 Å². The Morgan fingerprint density at radius 3 is 2.22 bits per heavy atom. The summed E-state index contributed by atoms with van der Waals surface area (Å²) < 4.78 is 0. The highest BCUT2D eigenvalue weighted by molar-refractivity contribution is 5.83. The number of carbonyl (C=O) groups excluding carboxylic acids is 1. The summed E-state index contributed by atoms with van der Waals surface area (Å²) in [5, 5.41) is 20.7. The van der Waals surface area contributed by atoms with Gasteiger partial charge in [0.25, 0.3) is 0 Å². The van der Waals surface area contributed by atoms with E-state index in [1.165, 1.54) is 11.9 Å². The second-order valence-electron chi connectivity index (χ2n) is 5.18. The van der Waals surface area contributed by atoms with Crippen molar-refractivity contribution in [2.45, 2.75) is 45.7 Å². The first kappa shape index (κ1) is 16.7. The predicted molar refractivity (Wildman–Crippen MR) is 68.3 cm³/mol. The minimum Gasteiger partial charge on any atom is -0.480 e. The van der Waals surface area contributed by atoms with Gasteiger partial charge in [-0.2, -0.15) is 0 Å². The van der Waals surface area contributed by atoms with Gasteiger partial charge < -0.3 is 20.4 Å². The largest absolute Gasteiger partial charge is 0.480 e. The minimum atomic E-state index is -1.05. The van der Waals surface area contributed by atoms with Crippen molar-refractivity contribution in [1.29, 1.82) is 0 Å². The summed E-state index contributed by atoms with van der Waals surface area (Å²) in [7, 11) is 1.53. The molecule has 2 atom stereocenters. The van der Waals surface area contributed by atoms with Crippen LogP contribution in [-0.2, 0) is 4.79 Å². The molecule has 0 saturated heterocycles. The molecule has 6 nitrogen and oxygen atoms in total. The normalized spacial score (nSPS) is 14.8. The lowest BCUT2D eigenvalue weighted by Gasteiger charge is -2.35. The van der Waals surface area contributed by atoms with Crippen molar-refractivity contribution >= 4 is 12.0 Å². The second-order valence-corrected chi connectivity index (χ2v) is 5.18. The lowest BCUT2D eigenvalue weighted by Crippen LogP contribution is -2.56. The highest BCUT2D eigenvalue weighted by Crippen LogP contribution is 2.13. The maximum atomic E-state index is 11.9. The molecule has 0 fully saturated rings. The molecule has 0 spiro atoms. The number of rotatable bonds is 6. The van der Waals surface area contributed by atoms with E-state index in [9.17, 15) is 14.7 Å². The first-order chi connectivity index (χ1) is 8.17. The molecular formula is C12H24N2O4. The maximum Gasteiger partial charge on any atom is 0.326 e. The summed E-state index contributed by atoms with van der Waals surface area (Å²) in [4.78, 5) is 24.3. The van der Waals surface area contributed by atoms with Crippen LogP contribution >= 0.6 is 0 Å². The quantitative estimate of drug-likeness (QED) is 0.662. The number of carbonyl (C=O) groups is 2. The third-order valence-corrected chi connectivity index (χ3v) is 3.36. The molecule has 0 radical (unpaired) electrons. The summed E-state index contributed by atoms with van der Waals surface area (Å²) in [6.07, 6.45) is 0.657. The lowest BCUT2D eigenvalue weighted by molar-refractivity contribution is -0.140. The number of carboxylic acids is 1. The van der Waals surface area contributed by atoms with Crippen LogP contribution < -0.4 is 5.32 Å². The fourth-order valence-corrected chi connectivity index (χ4v) is 1.29. The number of aliphatic hydroxyl groups excluding tert-OH is 1. The van der Waals surface area contributed by atoms with E-state index < -0.39 is 23.6 Å². The summed E-state index contributed by atoms with van der Waals surface area (Å²) in [5.74, 6) is -1.20. The number of hydrogen-bond donors (Lipinski definition) is 3. The molecule has 106 valence electrons. The molecule has 0 heterocycles. The number of aliphatic carboxylic acids is 1. The summed E-state index contributed by atoms with van der Waals surface area (Å²) in [6.45, 7) is 6.85. The number of aliphatic hydroxyl groups is 1. The summed E-state index contributed by atoms with van der Waals surface area (Å²) in [5.41, 5.74) is -0.734. The molecular weight excluding hydrogens is 236 g/mol. The van der Waals surface area contributed by atoms with Gasteiger partial charge in [0.05, 0.1) is 12.1 Å². The highest BCUT2D eigenvalue weighted by Gasteiger charge is 2.31. The Balaban J connectivity index is 4.76. The van der Waals surface area contributed by atoms with Crippen molar-refractivity contribution in [3.63, 3.8) is 0 Å². The Kier molecular flexibility index (Phi) is 6.11. The van der Waals surface area contributed by atoms with E-state index in [0.29, 0.717) is 6.42 Å². The molecule has 0 saturated carbocycles. The van der Waals surface area contributed by atoms with Crippen molar-refractivity contribution in [3.05, 3.63) is 0 Å². The highest BCUT2D eigenvalue weighted by atomic mass is 16.4. The van der Waals surface area contributed by atoms with E-state index in [0.717, 1.165) is 0 Å². The van der Waals surface area contributed by atoms with Crippen LogP contribution in [0.1, 0.15) is 34.1 Å². The lowest BCUT2D eigenvalue weighted by atomic mass is 9.99. The molecule has 0 aromatic heterocycles. The van der Waals surface area contributed by atoms with Crippen LogP contribution in [-0.4, -0.2) is 52.3 Å². The van der Waals surface area contributed by atoms with Gasteiger partial charge in [0.2, 0.25) is 0 Å². The Labute approximate surface area is 108 Å². The zero-order valence-corrected chi connectivity index (χ0v) is 11.7. The fraction of sp³-hybridized carbons (Fsp3) is 0.833. The number of nitrogens with zero attached hydrogens (tertiary/aromatic N) is 1. The van der Waals surface area contributed by atoms with Gasteiger partial charge in [0, 0.05) is 7.05 Å². The first-order valence-corrected chi connectivity index (χ1v) is 6.05. The Bertz CT molecular complexity index is 304. The van der Waals surface area contributed by atoms with Crippen molar-refractivity contribution in [2.75, 3.05) is 13.7 Å². The molecule has 0 rings (SSSR count). The zero-order chi connectivity index (χ0) is 14.5. The van der Waals surface area contributed by atoms with Gasteiger partial charge in [-0.15, -0.1) is 0 Å². The SMILES string of the molecule is CCC(C)C(NC(=O)N(C)C(C)(C)CO)C(=O)O. The van der Waals surface area contributed by atoms with E-state index in [4.69, 9.17) is 5.11 Å². The van der Waals surface area contributed by atoms with Crippen LogP contribution in [0.25, 0.3) is 0 Å². The van der Waals surface area contributed by atoms with Crippen molar-refractivity contribution < 1.29 is 19.8 Å². The molecule has 3 N–H and O–H groups in total. The monoisotopic (exact) mass is 260 g/mol. The molecule has 18 heavy (non-hydrogen) atoms. The van der Waals surface area contributed by atoms with E-state index in [1.807, 2.05) is 6.92 Å². The number of amides is 2. The topological polar surface area (TPSA) is 89.9 Å². The van der Waals surface area contributed by atoms with Gasteiger partial charge in [-0.05, 0) is 19.8 Å². The molecule has 0 bridgehead atoms. The minimum absolute atomic E-state index is 0.155. The van der Waals surface area contributed by atoms with E-state index in [1.54, 1.807) is 20.8 Å². The Hall–Kier alpha value is -1.30. The molecule has 0 aliphatic heterocycles. The molecule has 2 unspecified atom stereocenters. The number of hydrogen-bond acceptors (Lipinski definition) is 3. The molecule has 0 aromatic carbocycles. The van der Waals surface area contributed by atoms with Gasteiger partial charge in [-0.3, -0.25) is 0 Å². The van der Waals surface area contributed by atoms with Gasteiger partial charge in [0.15, 0.2) is 0 Å². The first-order valence-electron chi connectivity index (χ1n) is 6.05. The van der Waals surface area contributed by atoms with Crippen LogP contribution in [0, 0.1) is 5.92 Å². The average molecular weight is 260 g/mol. The molecule has 0 aliphatic carbocycles. The van der Waals surface area contributed by atoms with Crippen molar-refractivity contribution in [2.24, 2.45) is 5.92 Å². The average Bonchev–Trinajstić information content (AvgIpc) is 2.33. The maximum absolute atomic E-state index is 11.9. The van der Waals surface area contributed by atoms with Gasteiger partial charge in [0.1, 0.15) is 6.04 Å². The Morgan fingerprint density at radius 1 is 1.39 bits per heavy atom. The third kappa shape index (κ3) is 4.18. The van der Waals surface area contributed by atoms with Crippen LogP contribution in [0.5, 0.6) is 0 Å². The number of carboxylic acid groups (broad SMARTS) is 1. The molecule has 2 amide bonds. The predicted octanol–water partition coefficient (Wildman–Crippen LogP) is 0.898. The molecule has 6 heteroatoms. The van der Waals surface area contributed by atoms with Crippen LogP contribution in [0.15, 0.2) is 0 Å². The van der Waals surface area contributed by atoms with Crippen LogP contribution in [0.4, 0.5) is 4.79 Å². The van der Waals surface area contributed by atoms with Crippen LogP contribution in [0.2, 0.25) is 0 Å². The number of likely N-dealkylation sites (N-methyl/N-ethyl adjacent to an activating group) is 1. The summed E-state index contributed by atoms with van der Waals surface area (Å²) >= 11 is 0. The van der Waals surface area contributed by atoms with Gasteiger partial charge in [-0.25, -0.2) is 9.59 Å². The van der Waals surface area contributed by atoms with E-state index in [2.05, 4.69) is 5.32 Å². The van der Waals surface area contributed by atoms with Crippen LogP contribution in [0.3, 0.4) is 0 Å². The zero-order valence-electron chi connectivity index (χ0n) is 11.7.